The van der Waals surface area contributed by atoms with E-state index in [0.29, 0.717) is 0 Å². The van der Waals surface area contributed by atoms with E-state index in [4.69, 9.17) is 0 Å². The van der Waals surface area contributed by atoms with Crippen molar-refractivity contribution in [1.29, 1.82) is 0 Å². The van der Waals surface area contributed by atoms with Crippen LogP contribution in [0.2, 0.25) is 0 Å². The van der Waals surface area contributed by atoms with Crippen molar-refractivity contribution in [2.24, 2.45) is 10.3 Å². The van der Waals surface area contributed by atoms with Crippen LogP contribution in [0.25, 0.3) is 0 Å². The Morgan fingerprint density at radius 3 is 2.43 bits per heavy atom. The highest BCUT2D eigenvalue weighted by atomic mass is 32.2. The van der Waals surface area contributed by atoms with Gasteiger partial charge in [-0.05, 0) is 33.1 Å². The fourth-order valence-electron chi connectivity index (χ4n) is 1.66. The van der Waals surface area contributed by atoms with Gasteiger partial charge >= 0.3 is 0 Å². The van der Waals surface area contributed by atoms with Crippen molar-refractivity contribution < 1.29 is 4.21 Å². The van der Waals surface area contributed by atoms with Gasteiger partial charge in [-0.25, -0.2) is 4.21 Å². The Balaban J connectivity index is 2.29. The summed E-state index contributed by atoms with van der Waals surface area (Å²) in [5, 5.41) is 0. The zero-order valence-electron chi connectivity index (χ0n) is 9.45. The molecule has 0 aromatic heterocycles. The third-order valence-corrected chi connectivity index (χ3v) is 4.00. The standard InChI is InChI=1S/C11H21NOS/c1-11(2,3)14(13)12-9-8-10-6-4-5-7-10/h9-10H,4-8H2,1-3H3/t14-/m0/s1. The van der Waals surface area contributed by atoms with Crippen molar-refractivity contribution in [3.63, 3.8) is 0 Å². The fraction of sp³-hybridized carbons (Fsp3) is 0.909. The van der Waals surface area contributed by atoms with Crippen LogP contribution >= 0.6 is 0 Å². The lowest BCUT2D eigenvalue weighted by Gasteiger charge is -2.13. The molecule has 14 heavy (non-hydrogen) atoms. The van der Waals surface area contributed by atoms with Crippen molar-refractivity contribution in [1.82, 2.24) is 0 Å². The Bertz CT molecular complexity index is 224. The summed E-state index contributed by atoms with van der Waals surface area (Å²) >= 11 is 0. The van der Waals surface area contributed by atoms with Gasteiger partial charge in [0.2, 0.25) is 0 Å². The van der Waals surface area contributed by atoms with Gasteiger partial charge in [0.05, 0.1) is 4.75 Å². The smallest absolute Gasteiger partial charge is 0.144 e. The van der Waals surface area contributed by atoms with Crippen LogP contribution in [0.3, 0.4) is 0 Å². The summed E-state index contributed by atoms with van der Waals surface area (Å²) in [7, 11) is -1.07. The van der Waals surface area contributed by atoms with Gasteiger partial charge in [-0.3, -0.25) is 0 Å². The molecule has 1 aliphatic rings. The molecule has 0 radical (unpaired) electrons. The zero-order chi connectivity index (χ0) is 10.6. The van der Waals surface area contributed by atoms with Crippen molar-refractivity contribution >= 4 is 17.2 Å². The molecule has 1 fully saturated rings. The molecule has 1 rings (SSSR count). The van der Waals surface area contributed by atoms with E-state index in [1.54, 1.807) is 0 Å². The highest BCUT2D eigenvalue weighted by Crippen LogP contribution is 2.26. The molecule has 0 aliphatic heterocycles. The second-order valence-corrected chi connectivity index (χ2v) is 6.97. The SMILES string of the molecule is CC(C)(C)[S@](=O)N=CCC1CCCC1. The quantitative estimate of drug-likeness (QED) is 0.665. The molecule has 0 spiro atoms. The molecule has 2 nitrogen and oxygen atoms in total. The lowest BCUT2D eigenvalue weighted by Crippen LogP contribution is -2.19. The molecule has 0 saturated heterocycles. The Hall–Kier alpha value is -0.180. The fourth-order valence-corrected chi connectivity index (χ4v) is 2.20. The molecule has 0 aromatic carbocycles. The third-order valence-electron chi connectivity index (χ3n) is 2.61. The Kier molecular flexibility index (Phi) is 4.30. The summed E-state index contributed by atoms with van der Waals surface area (Å²) in [4.78, 5) is 0. The maximum atomic E-state index is 11.6. The minimum Gasteiger partial charge on any atom is -0.234 e. The summed E-state index contributed by atoms with van der Waals surface area (Å²) in [5.74, 6) is 0.802. The first-order valence-electron chi connectivity index (χ1n) is 5.44. The van der Waals surface area contributed by atoms with Gasteiger partial charge in [0.25, 0.3) is 0 Å². The summed E-state index contributed by atoms with van der Waals surface area (Å²) in [6, 6.07) is 0. The third kappa shape index (κ3) is 3.91. The average molecular weight is 215 g/mol. The molecule has 0 aromatic rings. The topological polar surface area (TPSA) is 29.4 Å². The normalized spacial score (nSPS) is 21.9. The minimum atomic E-state index is -1.07. The number of rotatable bonds is 3. The Morgan fingerprint density at radius 1 is 1.36 bits per heavy atom. The van der Waals surface area contributed by atoms with Crippen LogP contribution in [-0.4, -0.2) is 15.2 Å². The van der Waals surface area contributed by atoms with E-state index in [0.717, 1.165) is 12.3 Å². The largest absolute Gasteiger partial charge is 0.234 e. The van der Waals surface area contributed by atoms with Gasteiger partial charge in [-0.2, -0.15) is 4.40 Å². The maximum absolute atomic E-state index is 11.6. The molecule has 3 heteroatoms. The van der Waals surface area contributed by atoms with Gasteiger partial charge in [0, 0.05) is 6.21 Å². The number of hydrogen-bond donors (Lipinski definition) is 0. The lowest BCUT2D eigenvalue weighted by atomic mass is 10.1. The number of hydrogen-bond acceptors (Lipinski definition) is 1. The molecular formula is C11H21NOS. The van der Waals surface area contributed by atoms with Crippen molar-refractivity contribution in [2.75, 3.05) is 0 Å². The Morgan fingerprint density at radius 2 is 1.93 bits per heavy atom. The van der Waals surface area contributed by atoms with Gasteiger partial charge in [0.15, 0.2) is 0 Å². The molecule has 1 atom stereocenters. The van der Waals surface area contributed by atoms with Crippen LogP contribution in [0.15, 0.2) is 4.40 Å². The summed E-state index contributed by atoms with van der Waals surface area (Å²) in [6.45, 7) is 5.86. The van der Waals surface area contributed by atoms with E-state index in [-0.39, 0.29) is 4.75 Å². The van der Waals surface area contributed by atoms with E-state index < -0.39 is 11.0 Å². The van der Waals surface area contributed by atoms with Crippen LogP contribution in [0.1, 0.15) is 52.9 Å². The van der Waals surface area contributed by atoms with Crippen molar-refractivity contribution in [3.8, 4) is 0 Å². The summed E-state index contributed by atoms with van der Waals surface area (Å²) < 4.78 is 15.4. The molecule has 0 bridgehead atoms. The first kappa shape index (κ1) is 11.9. The second kappa shape index (κ2) is 5.06. The maximum Gasteiger partial charge on any atom is 0.144 e. The first-order valence-corrected chi connectivity index (χ1v) is 6.55. The van der Waals surface area contributed by atoms with Crippen LogP contribution in [0.5, 0.6) is 0 Å². The van der Waals surface area contributed by atoms with Crippen LogP contribution in [-0.2, 0) is 11.0 Å². The van der Waals surface area contributed by atoms with E-state index in [1.807, 2.05) is 27.0 Å². The van der Waals surface area contributed by atoms with Crippen LogP contribution in [0, 0.1) is 5.92 Å². The first-order chi connectivity index (χ1) is 6.50. The molecule has 0 N–H and O–H groups in total. The second-order valence-electron chi connectivity index (χ2n) is 5.04. The molecule has 0 amide bonds. The molecule has 82 valence electrons. The van der Waals surface area contributed by atoms with E-state index in [2.05, 4.69) is 4.40 Å². The summed E-state index contributed by atoms with van der Waals surface area (Å²) in [5.41, 5.74) is 0. The molecule has 1 saturated carbocycles. The minimum absolute atomic E-state index is 0.216. The van der Waals surface area contributed by atoms with E-state index in [9.17, 15) is 4.21 Å². The van der Waals surface area contributed by atoms with E-state index >= 15 is 0 Å². The van der Waals surface area contributed by atoms with Gasteiger partial charge in [0.1, 0.15) is 11.0 Å². The van der Waals surface area contributed by atoms with Crippen LogP contribution in [0.4, 0.5) is 0 Å². The van der Waals surface area contributed by atoms with Crippen LogP contribution < -0.4 is 0 Å². The zero-order valence-corrected chi connectivity index (χ0v) is 10.3. The summed E-state index contributed by atoms with van der Waals surface area (Å²) in [6.07, 6.45) is 8.27. The molecule has 0 unspecified atom stereocenters. The predicted molar refractivity (Wildman–Crippen MR) is 63.0 cm³/mol. The molecular weight excluding hydrogens is 194 g/mol. The highest BCUT2D eigenvalue weighted by Gasteiger charge is 2.18. The molecule has 1 aliphatic carbocycles. The lowest BCUT2D eigenvalue weighted by molar-refractivity contribution is 0.577. The van der Waals surface area contributed by atoms with Crippen molar-refractivity contribution in [2.45, 2.75) is 57.6 Å². The van der Waals surface area contributed by atoms with Gasteiger partial charge < -0.3 is 0 Å². The van der Waals surface area contributed by atoms with Crippen molar-refractivity contribution in [3.05, 3.63) is 0 Å². The monoisotopic (exact) mass is 215 g/mol. The average Bonchev–Trinajstić information content (AvgIpc) is 2.55. The molecule has 0 heterocycles. The highest BCUT2D eigenvalue weighted by molar-refractivity contribution is 7.85. The van der Waals surface area contributed by atoms with Gasteiger partial charge in [-0.15, -0.1) is 0 Å². The van der Waals surface area contributed by atoms with E-state index in [1.165, 1.54) is 25.7 Å². The number of nitrogens with zero attached hydrogens (tertiary/aromatic N) is 1. The predicted octanol–water partition coefficient (Wildman–Crippen LogP) is 3.10. The Labute approximate surface area is 89.8 Å². The van der Waals surface area contributed by atoms with Gasteiger partial charge in [-0.1, -0.05) is 25.7 Å².